The highest BCUT2D eigenvalue weighted by atomic mass is 32.2. The lowest BCUT2D eigenvalue weighted by Gasteiger charge is -2.08. The van der Waals surface area contributed by atoms with Gasteiger partial charge in [-0.15, -0.1) is 11.8 Å². The second kappa shape index (κ2) is 5.97. The summed E-state index contributed by atoms with van der Waals surface area (Å²) in [6, 6.07) is 10.3. The first-order valence-corrected chi connectivity index (χ1v) is 9.35. The molecule has 5 heteroatoms. The molecule has 0 unspecified atom stereocenters. The summed E-state index contributed by atoms with van der Waals surface area (Å²) in [5.74, 6) is 0.852. The van der Waals surface area contributed by atoms with Gasteiger partial charge in [-0.2, -0.15) is 0 Å². The fraction of sp³-hybridized carbons (Fsp3) is 0.294. The molecule has 0 atom stereocenters. The van der Waals surface area contributed by atoms with Crippen molar-refractivity contribution in [3.05, 3.63) is 47.8 Å². The molecule has 0 amide bonds. The van der Waals surface area contributed by atoms with E-state index >= 15 is 0 Å². The zero-order chi connectivity index (χ0) is 14.9. The molecule has 1 fully saturated rings. The van der Waals surface area contributed by atoms with Crippen molar-refractivity contribution in [2.45, 2.75) is 40.8 Å². The van der Waals surface area contributed by atoms with Crippen LogP contribution in [0.5, 0.6) is 0 Å². The first-order chi connectivity index (χ1) is 10.8. The van der Waals surface area contributed by atoms with E-state index < -0.39 is 0 Å². The van der Waals surface area contributed by atoms with Crippen LogP contribution in [0, 0.1) is 6.92 Å². The maximum absolute atomic E-state index is 4.61. The van der Waals surface area contributed by atoms with Gasteiger partial charge in [0.25, 0.3) is 0 Å². The molecule has 0 bridgehead atoms. The Morgan fingerprint density at radius 2 is 2.09 bits per heavy atom. The van der Waals surface area contributed by atoms with Crippen molar-refractivity contribution in [3.8, 4) is 0 Å². The van der Waals surface area contributed by atoms with Crippen molar-refractivity contribution in [2.24, 2.45) is 0 Å². The second-order valence-corrected chi connectivity index (χ2v) is 7.85. The van der Waals surface area contributed by atoms with Gasteiger partial charge in [0.15, 0.2) is 5.16 Å². The van der Waals surface area contributed by atoms with Gasteiger partial charge < -0.3 is 4.98 Å². The van der Waals surface area contributed by atoms with E-state index in [0.717, 1.165) is 32.9 Å². The van der Waals surface area contributed by atoms with Crippen molar-refractivity contribution in [1.29, 1.82) is 0 Å². The quantitative estimate of drug-likeness (QED) is 0.683. The van der Waals surface area contributed by atoms with E-state index in [1.54, 1.807) is 11.8 Å². The van der Waals surface area contributed by atoms with Gasteiger partial charge in [-0.3, -0.25) is 4.98 Å². The third-order valence-electron chi connectivity index (χ3n) is 3.79. The summed E-state index contributed by atoms with van der Waals surface area (Å²) in [6.07, 6.45) is 4.65. The molecule has 4 rings (SSSR count). The number of benzene rings is 1. The number of nitrogens with one attached hydrogen (secondary N) is 1. The van der Waals surface area contributed by atoms with E-state index in [4.69, 9.17) is 0 Å². The molecule has 1 aliphatic carbocycles. The predicted molar refractivity (Wildman–Crippen MR) is 93.5 cm³/mol. The first-order valence-electron chi connectivity index (χ1n) is 7.48. The van der Waals surface area contributed by atoms with Gasteiger partial charge in [0.2, 0.25) is 0 Å². The van der Waals surface area contributed by atoms with Crippen LogP contribution in [-0.2, 0) is 5.75 Å². The van der Waals surface area contributed by atoms with E-state index in [1.807, 2.05) is 36.2 Å². The summed E-state index contributed by atoms with van der Waals surface area (Å²) >= 11 is 3.72. The molecule has 3 nitrogen and oxygen atoms in total. The van der Waals surface area contributed by atoms with Gasteiger partial charge >= 0.3 is 0 Å². The molecule has 1 N–H and O–H groups in total. The minimum atomic E-state index is 0.831. The molecule has 112 valence electrons. The summed E-state index contributed by atoms with van der Waals surface area (Å²) in [5, 5.41) is 1.79. The van der Waals surface area contributed by atoms with Crippen LogP contribution in [-0.4, -0.2) is 20.2 Å². The topological polar surface area (TPSA) is 41.6 Å². The molecule has 1 saturated carbocycles. The smallest absolute Gasteiger partial charge is 0.166 e. The third-order valence-corrected chi connectivity index (χ3v) is 6.18. The number of H-pyrrole nitrogens is 1. The van der Waals surface area contributed by atoms with Gasteiger partial charge in [0, 0.05) is 22.1 Å². The Bertz CT molecular complexity index is 776. The molecule has 0 spiro atoms. The normalized spacial score (nSPS) is 14.6. The molecule has 22 heavy (non-hydrogen) atoms. The Kier molecular flexibility index (Phi) is 3.84. The van der Waals surface area contributed by atoms with Crippen LogP contribution >= 0.6 is 23.5 Å². The number of imidazole rings is 1. The number of fused-ring (bicyclic) bond motifs is 1. The molecule has 0 aliphatic heterocycles. The van der Waals surface area contributed by atoms with Crippen molar-refractivity contribution in [1.82, 2.24) is 15.0 Å². The first kappa shape index (κ1) is 14.2. The Balaban J connectivity index is 1.50. The van der Waals surface area contributed by atoms with Crippen LogP contribution in [0.25, 0.3) is 11.0 Å². The number of aromatic amines is 1. The summed E-state index contributed by atoms with van der Waals surface area (Å²) < 4.78 is 0. The molecule has 3 aromatic rings. The molecule has 2 heterocycles. The number of hydrogen-bond acceptors (Lipinski definition) is 4. The van der Waals surface area contributed by atoms with Crippen LogP contribution in [0.3, 0.4) is 0 Å². The van der Waals surface area contributed by atoms with Crippen LogP contribution in [0.1, 0.15) is 24.1 Å². The molecule has 1 aromatic carbocycles. The fourth-order valence-corrected chi connectivity index (χ4v) is 4.41. The molecule has 0 radical (unpaired) electrons. The van der Waals surface area contributed by atoms with Crippen LogP contribution in [0.4, 0.5) is 0 Å². The van der Waals surface area contributed by atoms with Crippen molar-refractivity contribution in [3.63, 3.8) is 0 Å². The van der Waals surface area contributed by atoms with E-state index in [-0.39, 0.29) is 0 Å². The van der Waals surface area contributed by atoms with Gasteiger partial charge in [-0.25, -0.2) is 4.98 Å². The highest BCUT2D eigenvalue weighted by molar-refractivity contribution is 8.00. The van der Waals surface area contributed by atoms with E-state index in [2.05, 4.69) is 34.0 Å². The zero-order valence-corrected chi connectivity index (χ0v) is 14.0. The Morgan fingerprint density at radius 3 is 2.91 bits per heavy atom. The molecule has 2 aromatic heterocycles. The van der Waals surface area contributed by atoms with Crippen molar-refractivity contribution < 1.29 is 0 Å². The van der Waals surface area contributed by atoms with E-state index in [0.29, 0.717) is 0 Å². The number of nitrogens with zero attached hydrogens (tertiary/aromatic N) is 2. The van der Waals surface area contributed by atoms with Crippen LogP contribution in [0.15, 0.2) is 46.6 Å². The van der Waals surface area contributed by atoms with Crippen molar-refractivity contribution in [2.75, 3.05) is 0 Å². The SMILES string of the molecule is Cc1c(SC2CC2)ccnc1CSc1nc2ccccc2[nH]1. The summed E-state index contributed by atoms with van der Waals surface area (Å²) in [6.45, 7) is 2.19. The minimum Gasteiger partial charge on any atom is -0.333 e. The predicted octanol–water partition coefficient (Wildman–Crippen LogP) is 4.81. The highest BCUT2D eigenvalue weighted by Crippen LogP contribution is 2.41. The number of rotatable bonds is 5. The number of hydrogen-bond donors (Lipinski definition) is 1. The Labute approximate surface area is 138 Å². The fourth-order valence-electron chi connectivity index (χ4n) is 2.33. The van der Waals surface area contributed by atoms with E-state index in [1.165, 1.54) is 23.3 Å². The van der Waals surface area contributed by atoms with Gasteiger partial charge in [-0.05, 0) is 43.5 Å². The van der Waals surface area contributed by atoms with Crippen LogP contribution < -0.4 is 0 Å². The van der Waals surface area contributed by atoms with Crippen LogP contribution in [0.2, 0.25) is 0 Å². The summed E-state index contributed by atoms with van der Waals surface area (Å²) in [5.41, 5.74) is 4.60. The summed E-state index contributed by atoms with van der Waals surface area (Å²) in [7, 11) is 0. The zero-order valence-electron chi connectivity index (χ0n) is 12.4. The average molecular weight is 327 g/mol. The summed E-state index contributed by atoms with van der Waals surface area (Å²) in [4.78, 5) is 13.9. The number of thioether (sulfide) groups is 2. The Hall–Kier alpha value is -1.46. The maximum Gasteiger partial charge on any atom is 0.166 e. The van der Waals surface area contributed by atoms with Gasteiger partial charge in [0.05, 0.1) is 16.7 Å². The molecular weight excluding hydrogens is 310 g/mol. The monoisotopic (exact) mass is 327 g/mol. The standard InChI is InChI=1S/C17H17N3S2/c1-11-15(18-9-8-16(11)22-12-6-7-12)10-21-17-19-13-4-2-3-5-14(13)20-17/h2-5,8-9,12H,6-7,10H2,1H3,(H,19,20). The number of para-hydroxylation sites is 2. The van der Waals surface area contributed by atoms with E-state index in [9.17, 15) is 0 Å². The minimum absolute atomic E-state index is 0.831. The lowest BCUT2D eigenvalue weighted by molar-refractivity contribution is 1.05. The largest absolute Gasteiger partial charge is 0.333 e. The van der Waals surface area contributed by atoms with Gasteiger partial charge in [0.1, 0.15) is 0 Å². The Morgan fingerprint density at radius 1 is 1.23 bits per heavy atom. The van der Waals surface area contributed by atoms with Gasteiger partial charge in [-0.1, -0.05) is 23.9 Å². The lowest BCUT2D eigenvalue weighted by atomic mass is 10.2. The lowest BCUT2D eigenvalue weighted by Crippen LogP contribution is -1.94. The highest BCUT2D eigenvalue weighted by Gasteiger charge is 2.23. The maximum atomic E-state index is 4.61. The average Bonchev–Trinajstić information content (AvgIpc) is 3.24. The third kappa shape index (κ3) is 3.01. The number of aromatic nitrogens is 3. The molecular formula is C17H17N3S2. The molecule has 1 aliphatic rings. The second-order valence-electron chi connectivity index (χ2n) is 5.55. The van der Waals surface area contributed by atoms with Crippen molar-refractivity contribution >= 4 is 34.6 Å². The number of pyridine rings is 1. The molecule has 0 saturated heterocycles.